The summed E-state index contributed by atoms with van der Waals surface area (Å²) >= 11 is 0. The van der Waals surface area contributed by atoms with Crippen LogP contribution < -0.4 is 10.2 Å². The molecule has 116 valence electrons. The zero-order valence-electron chi connectivity index (χ0n) is 12.0. The Labute approximate surface area is 147 Å². The summed E-state index contributed by atoms with van der Waals surface area (Å²) in [5, 5.41) is 24.0. The summed E-state index contributed by atoms with van der Waals surface area (Å²) in [6, 6.07) is 17.7. The number of fused-ring (bicyclic) bond motifs is 2. The van der Waals surface area contributed by atoms with Gasteiger partial charge in [0, 0.05) is 12.4 Å². The minimum Gasteiger partial charge on any atom is -0.871 e. The minimum atomic E-state index is -0.0110. The van der Waals surface area contributed by atoms with E-state index >= 15 is 0 Å². The van der Waals surface area contributed by atoms with Gasteiger partial charge in [0.25, 0.3) is 0 Å². The summed E-state index contributed by atoms with van der Waals surface area (Å²) in [6.45, 7) is 0. The molecule has 0 unspecified atom stereocenters. The summed E-state index contributed by atoms with van der Waals surface area (Å²) in [5.74, 6) is -0.0220. The quantitative estimate of drug-likeness (QED) is 0.386. The van der Waals surface area contributed by atoms with Crippen LogP contribution in [0.15, 0.2) is 73.1 Å². The molecule has 0 spiro atoms. The van der Waals surface area contributed by atoms with Gasteiger partial charge in [0.15, 0.2) is 0 Å². The molecule has 0 aliphatic heterocycles. The first-order chi connectivity index (χ1) is 10.8. The fourth-order valence-electron chi connectivity index (χ4n) is 2.15. The Balaban J connectivity index is 0.000000160. The van der Waals surface area contributed by atoms with Crippen LogP contribution in [0.2, 0.25) is 0 Å². The second-order valence-electron chi connectivity index (χ2n) is 4.66. The van der Waals surface area contributed by atoms with Gasteiger partial charge in [0.2, 0.25) is 0 Å². The van der Waals surface area contributed by atoms with Crippen LogP contribution in [-0.2, 0) is 21.1 Å². The fraction of sp³-hybridized carbons (Fsp3) is 0. The normalized spacial score (nSPS) is 9.74. The molecule has 4 rings (SSSR count). The van der Waals surface area contributed by atoms with Crippen molar-refractivity contribution in [1.82, 2.24) is 9.97 Å². The van der Waals surface area contributed by atoms with Crippen molar-refractivity contribution in [2.24, 2.45) is 0 Å². The topological polar surface area (TPSA) is 71.9 Å². The smallest absolute Gasteiger partial charge is 0.871 e. The Morgan fingerprint density at radius 1 is 0.565 bits per heavy atom. The van der Waals surface area contributed by atoms with Crippen molar-refractivity contribution in [3.8, 4) is 11.5 Å². The van der Waals surface area contributed by atoms with Gasteiger partial charge in [-0.05, 0) is 22.9 Å². The van der Waals surface area contributed by atoms with E-state index in [0.717, 1.165) is 10.8 Å². The summed E-state index contributed by atoms with van der Waals surface area (Å²) in [4.78, 5) is 7.94. The van der Waals surface area contributed by atoms with E-state index in [-0.39, 0.29) is 32.6 Å². The second kappa shape index (κ2) is 7.70. The average Bonchev–Trinajstić information content (AvgIpc) is 2.57. The summed E-state index contributed by atoms with van der Waals surface area (Å²) in [7, 11) is 0. The van der Waals surface area contributed by atoms with Crippen molar-refractivity contribution in [1.29, 1.82) is 0 Å². The largest absolute Gasteiger partial charge is 2.00 e. The number of pyridine rings is 2. The van der Waals surface area contributed by atoms with Crippen LogP contribution in [0.25, 0.3) is 21.8 Å². The van der Waals surface area contributed by atoms with Crippen molar-refractivity contribution in [2.45, 2.75) is 0 Å². The molecular formula is C18H12N2O2Pt. The second-order valence-corrected chi connectivity index (χ2v) is 4.66. The van der Waals surface area contributed by atoms with Crippen LogP contribution >= 0.6 is 0 Å². The Morgan fingerprint density at radius 2 is 0.957 bits per heavy atom. The van der Waals surface area contributed by atoms with Crippen molar-refractivity contribution in [3.05, 3.63) is 73.1 Å². The number of aromatic nitrogens is 2. The van der Waals surface area contributed by atoms with Crippen molar-refractivity contribution < 1.29 is 31.3 Å². The molecule has 0 aliphatic carbocycles. The van der Waals surface area contributed by atoms with Gasteiger partial charge < -0.3 is 10.2 Å². The third-order valence-electron chi connectivity index (χ3n) is 3.19. The van der Waals surface area contributed by atoms with E-state index in [9.17, 15) is 10.2 Å². The molecule has 0 amide bonds. The molecule has 0 saturated heterocycles. The average molecular weight is 483 g/mol. The third kappa shape index (κ3) is 3.85. The molecule has 2 aromatic heterocycles. The van der Waals surface area contributed by atoms with Gasteiger partial charge in [-0.1, -0.05) is 60.0 Å². The first-order valence-corrected chi connectivity index (χ1v) is 6.77. The van der Waals surface area contributed by atoms with Crippen LogP contribution in [0.1, 0.15) is 0 Å². The Hall–Kier alpha value is -2.45. The molecular weight excluding hydrogens is 471 g/mol. The van der Waals surface area contributed by atoms with Gasteiger partial charge in [-0.25, -0.2) is 0 Å². The number of rotatable bonds is 0. The summed E-state index contributed by atoms with van der Waals surface area (Å²) in [5.41, 5.74) is 1.10. The SMILES string of the molecule is [O-]c1cccc2cccnc12.[O-]c1cccc2cccnc12.[Pt+2]. The molecule has 0 radical (unpaired) electrons. The summed E-state index contributed by atoms with van der Waals surface area (Å²) < 4.78 is 0. The van der Waals surface area contributed by atoms with E-state index in [1.807, 2.05) is 36.4 Å². The number of para-hydroxylation sites is 2. The van der Waals surface area contributed by atoms with Gasteiger partial charge in [0.1, 0.15) is 0 Å². The molecule has 0 aliphatic rings. The maximum absolute atomic E-state index is 11.1. The van der Waals surface area contributed by atoms with Crippen LogP contribution in [-0.4, -0.2) is 9.97 Å². The zero-order chi connectivity index (χ0) is 15.4. The first kappa shape index (κ1) is 16.9. The zero-order valence-corrected chi connectivity index (χ0v) is 14.2. The number of benzene rings is 2. The van der Waals surface area contributed by atoms with E-state index < -0.39 is 0 Å². The molecule has 4 aromatic rings. The Morgan fingerprint density at radius 3 is 1.35 bits per heavy atom. The maximum atomic E-state index is 11.1. The molecule has 0 fully saturated rings. The van der Waals surface area contributed by atoms with Crippen LogP contribution in [0.3, 0.4) is 0 Å². The molecule has 23 heavy (non-hydrogen) atoms. The fourth-order valence-corrected chi connectivity index (χ4v) is 2.15. The van der Waals surface area contributed by atoms with Crippen molar-refractivity contribution >= 4 is 21.8 Å². The van der Waals surface area contributed by atoms with Gasteiger partial charge in [-0.3, -0.25) is 9.97 Å². The molecule has 2 aromatic carbocycles. The third-order valence-corrected chi connectivity index (χ3v) is 3.19. The molecule has 2 heterocycles. The van der Waals surface area contributed by atoms with Crippen LogP contribution in [0.5, 0.6) is 11.5 Å². The van der Waals surface area contributed by atoms with E-state index in [0.29, 0.717) is 11.0 Å². The van der Waals surface area contributed by atoms with Crippen molar-refractivity contribution in [3.63, 3.8) is 0 Å². The monoisotopic (exact) mass is 483 g/mol. The molecule has 0 atom stereocenters. The minimum absolute atomic E-state index is 0. The van der Waals surface area contributed by atoms with Crippen LogP contribution in [0.4, 0.5) is 0 Å². The van der Waals surface area contributed by atoms with Gasteiger partial charge in [-0.15, -0.1) is 0 Å². The van der Waals surface area contributed by atoms with Gasteiger partial charge >= 0.3 is 21.1 Å². The maximum Gasteiger partial charge on any atom is 2.00 e. The van der Waals surface area contributed by atoms with Crippen molar-refractivity contribution in [2.75, 3.05) is 0 Å². The molecule has 0 saturated carbocycles. The van der Waals surface area contributed by atoms with Gasteiger partial charge in [0.05, 0.1) is 11.0 Å². The van der Waals surface area contributed by atoms with E-state index in [4.69, 9.17) is 0 Å². The van der Waals surface area contributed by atoms with E-state index in [2.05, 4.69) is 9.97 Å². The van der Waals surface area contributed by atoms with E-state index in [1.165, 1.54) is 12.1 Å². The predicted octanol–water partition coefficient (Wildman–Crippen LogP) is 2.61. The van der Waals surface area contributed by atoms with Crippen LogP contribution in [0, 0.1) is 0 Å². The number of hydrogen-bond acceptors (Lipinski definition) is 4. The molecule has 4 nitrogen and oxygen atoms in total. The first-order valence-electron chi connectivity index (χ1n) is 6.77. The summed E-state index contributed by atoms with van der Waals surface area (Å²) in [6.07, 6.45) is 3.26. The molecule has 0 N–H and O–H groups in total. The Kier molecular flexibility index (Phi) is 5.66. The predicted molar refractivity (Wildman–Crippen MR) is 82.4 cm³/mol. The molecule has 0 bridgehead atoms. The number of nitrogens with zero attached hydrogens (tertiary/aromatic N) is 2. The Bertz CT molecular complexity index is 841. The molecule has 5 heteroatoms. The number of hydrogen-bond donors (Lipinski definition) is 0. The van der Waals surface area contributed by atoms with Gasteiger partial charge in [-0.2, -0.15) is 0 Å². The standard InChI is InChI=1S/2C9H7NO.Pt/c2*11-8-5-1-3-7-4-2-6-10-9(7)8;/h2*1-6,11H;/q;;+2/p-2. The van der Waals surface area contributed by atoms with E-state index in [1.54, 1.807) is 24.5 Å².